The Morgan fingerprint density at radius 3 is 2.76 bits per heavy atom. The number of nitrogens with zero attached hydrogens (tertiary/aromatic N) is 7. The molecule has 1 fully saturated rings. The summed E-state index contributed by atoms with van der Waals surface area (Å²) < 4.78 is 42.5. The van der Waals surface area contributed by atoms with Gasteiger partial charge in [0.2, 0.25) is 10.9 Å². The Bertz CT molecular complexity index is 1540. The predicted octanol–water partition coefficient (Wildman–Crippen LogP) is 4.19. The van der Waals surface area contributed by atoms with Crippen LogP contribution in [0.4, 0.5) is 18.2 Å². The largest absolute Gasteiger partial charge is 0.443 e. The molecule has 1 aromatic carbocycles. The van der Waals surface area contributed by atoms with Crippen LogP contribution < -0.4 is 4.90 Å². The molecule has 1 atom stereocenters. The minimum Gasteiger partial charge on any atom is -0.358 e. The highest BCUT2D eigenvalue weighted by molar-refractivity contribution is 7.16. The number of imidazole rings is 1. The van der Waals surface area contributed by atoms with Gasteiger partial charge in [0.25, 0.3) is 0 Å². The summed E-state index contributed by atoms with van der Waals surface area (Å²) >= 11 is 0.600. The van der Waals surface area contributed by atoms with Crippen LogP contribution in [0.1, 0.15) is 11.9 Å². The van der Waals surface area contributed by atoms with Gasteiger partial charge < -0.3 is 14.8 Å². The van der Waals surface area contributed by atoms with Gasteiger partial charge in [-0.15, -0.1) is 0 Å². The number of aromatic amines is 1. The van der Waals surface area contributed by atoms with Crippen molar-refractivity contribution in [3.63, 3.8) is 0 Å². The summed E-state index contributed by atoms with van der Waals surface area (Å²) in [5, 5.41) is 4.65. The quantitative estimate of drug-likeness (QED) is 0.377. The maximum absolute atomic E-state index is 13.6. The number of rotatable bonds is 4. The molecule has 1 aliphatic rings. The molecule has 1 unspecified atom stereocenters. The van der Waals surface area contributed by atoms with Crippen molar-refractivity contribution in [3.8, 4) is 11.5 Å². The van der Waals surface area contributed by atoms with Crippen molar-refractivity contribution in [2.75, 3.05) is 24.5 Å². The average Bonchev–Trinajstić information content (AvgIpc) is 3.59. The van der Waals surface area contributed by atoms with Crippen LogP contribution in [0.25, 0.3) is 33.6 Å². The minimum absolute atomic E-state index is 0.0592. The Morgan fingerprint density at radius 1 is 1.16 bits per heavy atom. The SMILES string of the molecule is CC1CN(c2sc(C(F)(F)F)nc2-c2nc3ccccc3[nH]2)CCN1C(=O)Cn1cc2cccnc2n1. The molecule has 0 bridgehead atoms. The molecule has 13 heteroatoms. The first-order valence-electron chi connectivity index (χ1n) is 11.6. The number of para-hydroxylation sites is 2. The number of piperazine rings is 1. The van der Waals surface area contributed by atoms with Crippen molar-refractivity contribution in [1.82, 2.24) is 34.6 Å². The van der Waals surface area contributed by atoms with Crippen molar-refractivity contribution < 1.29 is 18.0 Å². The monoisotopic (exact) mass is 526 g/mol. The average molecular weight is 527 g/mol. The highest BCUT2D eigenvalue weighted by Gasteiger charge is 2.39. The van der Waals surface area contributed by atoms with E-state index in [-0.39, 0.29) is 30.0 Å². The summed E-state index contributed by atoms with van der Waals surface area (Å²) in [7, 11) is 0. The maximum Gasteiger partial charge on any atom is 0.443 e. The highest BCUT2D eigenvalue weighted by Crippen LogP contribution is 2.42. The van der Waals surface area contributed by atoms with Crippen molar-refractivity contribution in [1.29, 1.82) is 0 Å². The topological polar surface area (TPSA) is 95.8 Å². The zero-order chi connectivity index (χ0) is 25.7. The fraction of sp³-hybridized carbons (Fsp3) is 0.292. The number of hydrogen-bond acceptors (Lipinski definition) is 7. The smallest absolute Gasteiger partial charge is 0.358 e. The van der Waals surface area contributed by atoms with E-state index in [4.69, 9.17) is 0 Å². The van der Waals surface area contributed by atoms with Gasteiger partial charge in [-0.1, -0.05) is 23.5 Å². The van der Waals surface area contributed by atoms with Crippen LogP contribution in [-0.4, -0.2) is 66.2 Å². The van der Waals surface area contributed by atoms with Crippen LogP contribution in [0.2, 0.25) is 0 Å². The van der Waals surface area contributed by atoms with Crippen LogP contribution in [0, 0.1) is 0 Å². The molecule has 190 valence electrons. The first kappa shape index (κ1) is 23.4. The van der Waals surface area contributed by atoms with E-state index in [9.17, 15) is 18.0 Å². The van der Waals surface area contributed by atoms with E-state index in [1.54, 1.807) is 34.1 Å². The number of fused-ring (bicyclic) bond motifs is 2. The molecule has 5 aromatic rings. The Kier molecular flexibility index (Phi) is 5.59. The van der Waals surface area contributed by atoms with Gasteiger partial charge in [-0.25, -0.2) is 15.0 Å². The molecule has 1 aliphatic heterocycles. The van der Waals surface area contributed by atoms with Crippen molar-refractivity contribution in [3.05, 3.63) is 53.8 Å². The van der Waals surface area contributed by atoms with E-state index in [1.807, 2.05) is 36.1 Å². The summed E-state index contributed by atoms with van der Waals surface area (Å²) in [6.45, 7) is 3.03. The van der Waals surface area contributed by atoms with Gasteiger partial charge >= 0.3 is 6.18 Å². The van der Waals surface area contributed by atoms with Gasteiger partial charge in [-0.3, -0.25) is 9.48 Å². The number of anilines is 1. The molecule has 37 heavy (non-hydrogen) atoms. The van der Waals surface area contributed by atoms with Crippen LogP contribution in [0.15, 0.2) is 48.8 Å². The molecule has 9 nitrogen and oxygen atoms in total. The number of carbonyl (C=O) groups excluding carboxylic acids is 1. The number of benzene rings is 1. The molecule has 0 radical (unpaired) electrons. The fourth-order valence-corrected chi connectivity index (χ4v) is 5.56. The van der Waals surface area contributed by atoms with E-state index in [1.165, 1.54) is 0 Å². The second-order valence-electron chi connectivity index (χ2n) is 8.90. The molecular weight excluding hydrogens is 505 g/mol. The number of pyridine rings is 1. The lowest BCUT2D eigenvalue weighted by molar-refractivity contribution is -0.137. The fourth-order valence-electron chi connectivity index (χ4n) is 4.59. The second kappa shape index (κ2) is 8.83. The first-order valence-corrected chi connectivity index (χ1v) is 12.4. The third-order valence-electron chi connectivity index (χ3n) is 6.33. The summed E-state index contributed by atoms with van der Waals surface area (Å²) in [5.41, 5.74) is 2.10. The standard InChI is InChI=1S/C24H21F3N8OS/c1-14-11-33(9-10-35(14)18(36)13-34-12-15-5-4-8-28-20(15)32-34)22-19(31-23(37-22)24(25,26)27)21-29-16-6-2-3-7-17(16)30-21/h2-8,12,14H,9-11,13H2,1H3,(H,29,30). The summed E-state index contributed by atoms with van der Waals surface area (Å²) in [6, 6.07) is 10.7. The van der Waals surface area contributed by atoms with E-state index < -0.39 is 11.2 Å². The lowest BCUT2D eigenvalue weighted by atomic mass is 10.2. The number of nitrogens with one attached hydrogen (secondary N) is 1. The number of thiazole rings is 1. The van der Waals surface area contributed by atoms with E-state index in [2.05, 4.69) is 25.0 Å². The molecule has 4 aromatic heterocycles. The van der Waals surface area contributed by atoms with Gasteiger partial charge in [-0.2, -0.15) is 18.3 Å². The number of alkyl halides is 3. The van der Waals surface area contributed by atoms with Crippen LogP contribution >= 0.6 is 11.3 Å². The summed E-state index contributed by atoms with van der Waals surface area (Å²) in [5.74, 6) is 0.172. The number of hydrogen-bond donors (Lipinski definition) is 1. The predicted molar refractivity (Wildman–Crippen MR) is 133 cm³/mol. The minimum atomic E-state index is -4.57. The molecular formula is C24H21F3N8OS. The van der Waals surface area contributed by atoms with E-state index in [0.717, 1.165) is 10.9 Å². The second-order valence-corrected chi connectivity index (χ2v) is 9.88. The molecule has 1 amide bonds. The number of halogens is 3. The number of amides is 1. The number of carbonyl (C=O) groups is 1. The van der Waals surface area contributed by atoms with Gasteiger partial charge in [0.05, 0.1) is 11.0 Å². The third kappa shape index (κ3) is 4.39. The van der Waals surface area contributed by atoms with Crippen molar-refractivity contribution in [2.24, 2.45) is 0 Å². The zero-order valence-corrected chi connectivity index (χ0v) is 20.4. The Balaban J connectivity index is 1.24. The normalized spacial score (nSPS) is 16.7. The van der Waals surface area contributed by atoms with E-state index >= 15 is 0 Å². The molecule has 1 saturated heterocycles. The lowest BCUT2D eigenvalue weighted by Gasteiger charge is -2.40. The van der Waals surface area contributed by atoms with Crippen LogP contribution in [0.5, 0.6) is 0 Å². The Labute approximate surface area is 212 Å². The number of H-pyrrole nitrogens is 1. The first-order chi connectivity index (χ1) is 17.8. The molecule has 1 N–H and O–H groups in total. The molecule has 6 rings (SSSR count). The van der Waals surface area contributed by atoms with E-state index in [0.29, 0.717) is 47.1 Å². The molecule has 0 spiro atoms. The zero-order valence-electron chi connectivity index (χ0n) is 19.6. The molecule has 0 aliphatic carbocycles. The maximum atomic E-state index is 13.6. The summed E-state index contributed by atoms with van der Waals surface area (Å²) in [4.78, 5) is 32.4. The molecule has 0 saturated carbocycles. The van der Waals surface area contributed by atoms with Crippen molar-refractivity contribution in [2.45, 2.75) is 25.7 Å². The Hall–Kier alpha value is -4.00. The lowest BCUT2D eigenvalue weighted by Crippen LogP contribution is -2.54. The summed E-state index contributed by atoms with van der Waals surface area (Å²) in [6.07, 6.45) is -1.15. The number of aromatic nitrogens is 6. The van der Waals surface area contributed by atoms with Gasteiger partial charge in [0.1, 0.15) is 17.2 Å². The van der Waals surface area contributed by atoms with Crippen molar-refractivity contribution >= 4 is 44.3 Å². The third-order valence-corrected chi connectivity index (χ3v) is 7.49. The van der Waals surface area contributed by atoms with Crippen LogP contribution in [-0.2, 0) is 17.5 Å². The van der Waals surface area contributed by atoms with Gasteiger partial charge in [-0.05, 0) is 31.2 Å². The van der Waals surface area contributed by atoms with Crippen LogP contribution in [0.3, 0.4) is 0 Å². The van der Waals surface area contributed by atoms with Gasteiger partial charge in [0, 0.05) is 43.5 Å². The van der Waals surface area contributed by atoms with Gasteiger partial charge in [0.15, 0.2) is 11.5 Å². The Morgan fingerprint density at radius 2 is 2.00 bits per heavy atom. The molecule has 5 heterocycles. The highest BCUT2D eigenvalue weighted by atomic mass is 32.1.